The van der Waals surface area contributed by atoms with E-state index >= 15 is 0 Å². The molecule has 0 radical (unpaired) electrons. The molecule has 1 amide bonds. The first-order chi connectivity index (χ1) is 16.7. The first-order valence-corrected chi connectivity index (χ1v) is 11.2. The Hall–Kier alpha value is -3.81. The number of halogens is 3. The number of nitrogens with one attached hydrogen (secondary N) is 1. The fourth-order valence-corrected chi connectivity index (χ4v) is 3.53. The summed E-state index contributed by atoms with van der Waals surface area (Å²) in [4.78, 5) is 22.7. The minimum absolute atomic E-state index is 0.0555. The number of aliphatic carboxylic acids is 1. The van der Waals surface area contributed by atoms with Gasteiger partial charge in [-0.05, 0) is 59.5 Å². The van der Waals surface area contributed by atoms with Gasteiger partial charge in [0.2, 0.25) is 0 Å². The van der Waals surface area contributed by atoms with Crippen molar-refractivity contribution in [2.24, 2.45) is 0 Å². The highest BCUT2D eigenvalue weighted by molar-refractivity contribution is 5.94. The summed E-state index contributed by atoms with van der Waals surface area (Å²) in [5.41, 5.74) is 2.08. The van der Waals surface area contributed by atoms with Crippen LogP contribution in [0.2, 0.25) is 0 Å². The molecule has 8 heteroatoms. The van der Waals surface area contributed by atoms with Crippen molar-refractivity contribution in [1.29, 1.82) is 0 Å². The number of hydrogen-bond acceptors (Lipinski definition) is 3. The van der Waals surface area contributed by atoms with Crippen molar-refractivity contribution in [3.8, 4) is 16.9 Å². The van der Waals surface area contributed by atoms with E-state index in [1.807, 2.05) is 19.1 Å². The average Bonchev–Trinajstić information content (AvgIpc) is 2.83. The van der Waals surface area contributed by atoms with E-state index < -0.39 is 17.7 Å². The first kappa shape index (κ1) is 25.8. The zero-order valence-electron chi connectivity index (χ0n) is 19.1. The Morgan fingerprint density at radius 1 is 0.914 bits per heavy atom. The molecule has 0 bridgehead atoms. The van der Waals surface area contributed by atoms with Crippen molar-refractivity contribution >= 4 is 11.9 Å². The number of carboxylic acids is 1. The van der Waals surface area contributed by atoms with Crippen LogP contribution >= 0.6 is 0 Å². The third-order valence-corrected chi connectivity index (χ3v) is 5.40. The SMILES string of the molecule is CCCC(Oc1ccc(-c2ccc(C(F)(F)F)cc2)cc1)c1ccc(C(=O)NCCC(=O)O)cc1. The highest BCUT2D eigenvalue weighted by Crippen LogP contribution is 2.32. The average molecular weight is 486 g/mol. The molecule has 5 nitrogen and oxygen atoms in total. The Bertz CT molecular complexity index is 1130. The molecule has 1 atom stereocenters. The molecule has 3 aromatic carbocycles. The predicted octanol–water partition coefficient (Wildman–Crippen LogP) is 6.50. The second-order valence-corrected chi connectivity index (χ2v) is 8.02. The molecule has 0 saturated carbocycles. The van der Waals surface area contributed by atoms with Crippen LogP contribution in [0.1, 0.15) is 53.8 Å². The van der Waals surface area contributed by atoms with Gasteiger partial charge in [0.15, 0.2) is 0 Å². The van der Waals surface area contributed by atoms with Crippen molar-refractivity contribution in [3.63, 3.8) is 0 Å². The molecular formula is C27H26F3NO4. The Kier molecular flexibility index (Phi) is 8.52. The molecule has 0 aliphatic heterocycles. The lowest BCUT2D eigenvalue weighted by Crippen LogP contribution is -2.26. The maximum Gasteiger partial charge on any atom is 0.416 e. The Morgan fingerprint density at radius 2 is 1.49 bits per heavy atom. The van der Waals surface area contributed by atoms with Crippen LogP contribution in [0.25, 0.3) is 11.1 Å². The number of carboxylic acid groups (broad SMARTS) is 1. The van der Waals surface area contributed by atoms with E-state index in [1.54, 1.807) is 36.4 Å². The second kappa shape index (κ2) is 11.6. The third kappa shape index (κ3) is 7.34. The van der Waals surface area contributed by atoms with Crippen molar-refractivity contribution in [3.05, 3.63) is 89.5 Å². The number of carbonyl (C=O) groups excluding carboxylic acids is 1. The standard InChI is InChI=1S/C27H26F3NO4/c1-2-3-24(20-4-6-21(7-5-20)26(34)31-17-16-25(32)33)35-23-14-10-19(11-15-23)18-8-12-22(13-9-18)27(28,29)30/h4-15,24H,2-3,16-17H2,1H3,(H,31,34)(H,32,33). The number of ether oxygens (including phenoxy) is 1. The quantitative estimate of drug-likeness (QED) is 0.344. The number of carbonyl (C=O) groups is 2. The van der Waals surface area contributed by atoms with Crippen LogP contribution in [-0.4, -0.2) is 23.5 Å². The van der Waals surface area contributed by atoms with Crippen LogP contribution in [0.4, 0.5) is 13.2 Å². The lowest BCUT2D eigenvalue weighted by molar-refractivity contribution is -0.138. The van der Waals surface area contributed by atoms with Crippen LogP contribution in [0.3, 0.4) is 0 Å². The van der Waals surface area contributed by atoms with E-state index in [-0.39, 0.29) is 25.0 Å². The Morgan fingerprint density at radius 3 is 2.00 bits per heavy atom. The summed E-state index contributed by atoms with van der Waals surface area (Å²) < 4.78 is 44.5. The molecule has 3 rings (SSSR count). The van der Waals surface area contributed by atoms with Crippen molar-refractivity contribution in [2.45, 2.75) is 38.5 Å². The van der Waals surface area contributed by atoms with Gasteiger partial charge >= 0.3 is 12.1 Å². The van der Waals surface area contributed by atoms with Crippen LogP contribution < -0.4 is 10.1 Å². The monoisotopic (exact) mass is 485 g/mol. The van der Waals surface area contributed by atoms with Crippen LogP contribution in [0, 0.1) is 0 Å². The smallest absolute Gasteiger partial charge is 0.416 e. The van der Waals surface area contributed by atoms with E-state index in [1.165, 1.54) is 12.1 Å². The number of rotatable bonds is 10. The van der Waals surface area contributed by atoms with Crippen LogP contribution in [0.5, 0.6) is 5.75 Å². The summed E-state index contributed by atoms with van der Waals surface area (Å²) in [5, 5.41) is 11.2. The Labute approximate surface area is 201 Å². The van der Waals surface area contributed by atoms with E-state index in [0.717, 1.165) is 36.1 Å². The van der Waals surface area contributed by atoms with Gasteiger partial charge in [0.1, 0.15) is 11.9 Å². The van der Waals surface area contributed by atoms with Crippen LogP contribution in [-0.2, 0) is 11.0 Å². The number of alkyl halides is 3. The van der Waals surface area contributed by atoms with Crippen molar-refractivity contribution in [1.82, 2.24) is 5.32 Å². The zero-order chi connectivity index (χ0) is 25.4. The predicted molar refractivity (Wildman–Crippen MR) is 126 cm³/mol. The van der Waals surface area contributed by atoms with E-state index in [4.69, 9.17) is 9.84 Å². The summed E-state index contributed by atoms with van der Waals surface area (Å²) in [6.07, 6.45) is -3.15. The lowest BCUT2D eigenvalue weighted by atomic mass is 10.0. The molecule has 0 heterocycles. The zero-order valence-corrected chi connectivity index (χ0v) is 19.1. The molecule has 184 valence electrons. The molecule has 0 spiro atoms. The van der Waals surface area contributed by atoms with E-state index in [2.05, 4.69) is 5.32 Å². The minimum Gasteiger partial charge on any atom is -0.486 e. The summed E-state index contributed by atoms with van der Waals surface area (Å²) in [7, 11) is 0. The highest BCUT2D eigenvalue weighted by Gasteiger charge is 2.30. The summed E-state index contributed by atoms with van der Waals surface area (Å²) in [6, 6.07) is 19.1. The molecule has 0 fully saturated rings. The maximum atomic E-state index is 12.8. The number of benzene rings is 3. The normalized spacial score (nSPS) is 12.1. The van der Waals surface area contributed by atoms with Gasteiger partial charge < -0.3 is 15.2 Å². The topological polar surface area (TPSA) is 75.6 Å². The fraction of sp³-hybridized carbons (Fsp3) is 0.259. The molecule has 0 aromatic heterocycles. The van der Waals surface area contributed by atoms with Gasteiger partial charge in [0, 0.05) is 12.1 Å². The molecule has 2 N–H and O–H groups in total. The number of hydrogen-bond donors (Lipinski definition) is 2. The molecule has 3 aromatic rings. The molecule has 0 saturated heterocycles. The van der Waals surface area contributed by atoms with Gasteiger partial charge in [-0.1, -0.05) is 49.7 Å². The van der Waals surface area contributed by atoms with Gasteiger partial charge in [-0.3, -0.25) is 9.59 Å². The maximum absolute atomic E-state index is 12.8. The molecular weight excluding hydrogens is 459 g/mol. The Balaban J connectivity index is 1.67. The molecule has 1 unspecified atom stereocenters. The second-order valence-electron chi connectivity index (χ2n) is 8.02. The van der Waals surface area contributed by atoms with Crippen molar-refractivity contribution < 1.29 is 32.6 Å². The van der Waals surface area contributed by atoms with Gasteiger partial charge in [0.05, 0.1) is 12.0 Å². The minimum atomic E-state index is -4.37. The largest absolute Gasteiger partial charge is 0.486 e. The van der Waals surface area contributed by atoms with Gasteiger partial charge in [-0.15, -0.1) is 0 Å². The van der Waals surface area contributed by atoms with E-state index in [9.17, 15) is 22.8 Å². The summed E-state index contributed by atoms with van der Waals surface area (Å²) >= 11 is 0. The number of amides is 1. The molecule has 0 aliphatic carbocycles. The third-order valence-electron chi connectivity index (χ3n) is 5.40. The fourth-order valence-electron chi connectivity index (χ4n) is 3.53. The van der Waals surface area contributed by atoms with Gasteiger partial charge in [-0.2, -0.15) is 13.2 Å². The lowest BCUT2D eigenvalue weighted by Gasteiger charge is -2.20. The van der Waals surface area contributed by atoms with E-state index in [0.29, 0.717) is 16.9 Å². The van der Waals surface area contributed by atoms with Crippen LogP contribution in [0.15, 0.2) is 72.8 Å². The van der Waals surface area contributed by atoms with Crippen molar-refractivity contribution in [2.75, 3.05) is 6.54 Å². The van der Waals surface area contributed by atoms with Gasteiger partial charge in [-0.25, -0.2) is 0 Å². The summed E-state index contributed by atoms with van der Waals surface area (Å²) in [6.45, 7) is 2.09. The molecule has 35 heavy (non-hydrogen) atoms. The molecule has 0 aliphatic rings. The van der Waals surface area contributed by atoms with Gasteiger partial charge in [0.25, 0.3) is 5.91 Å². The summed E-state index contributed by atoms with van der Waals surface area (Å²) in [5.74, 6) is -0.702. The highest BCUT2D eigenvalue weighted by atomic mass is 19.4. The first-order valence-electron chi connectivity index (χ1n) is 11.2.